The van der Waals surface area contributed by atoms with E-state index in [4.69, 9.17) is 12.2 Å². The zero-order chi connectivity index (χ0) is 17.5. The van der Waals surface area contributed by atoms with Crippen LogP contribution in [0.2, 0.25) is 0 Å². The van der Waals surface area contributed by atoms with Gasteiger partial charge in [-0.15, -0.1) is 11.7 Å². The average Bonchev–Trinajstić information content (AvgIpc) is 2.92. The molecule has 1 heterocycles. The first kappa shape index (κ1) is 18.3. The summed E-state index contributed by atoms with van der Waals surface area (Å²) in [5, 5.41) is 11.0. The molecule has 0 atom stereocenters. The summed E-state index contributed by atoms with van der Waals surface area (Å²) in [7, 11) is 3.63. The minimum absolute atomic E-state index is 0.0803. The van der Waals surface area contributed by atoms with Crippen molar-refractivity contribution in [2.75, 3.05) is 26.0 Å². The molecule has 2 rings (SSSR count). The lowest BCUT2D eigenvalue weighted by Gasteiger charge is -2.16. The maximum Gasteiger partial charge on any atom is 0.251 e. The van der Waals surface area contributed by atoms with Crippen LogP contribution in [0.3, 0.4) is 0 Å². The number of amides is 1. The molecule has 0 saturated carbocycles. The van der Waals surface area contributed by atoms with Gasteiger partial charge in [0.05, 0.1) is 6.67 Å². The molecule has 0 bridgehead atoms. The molecule has 0 fully saturated rings. The topological polar surface area (TPSA) is 62.2 Å². The zero-order valence-electron chi connectivity index (χ0n) is 13.8. The predicted octanol–water partition coefficient (Wildman–Crippen LogP) is 2.72. The highest BCUT2D eigenvalue weighted by Gasteiger charge is 2.07. The molecule has 0 aliphatic heterocycles. The Morgan fingerprint density at radius 1 is 1.46 bits per heavy atom. The van der Waals surface area contributed by atoms with Crippen molar-refractivity contribution in [3.63, 3.8) is 0 Å². The van der Waals surface area contributed by atoms with Crippen LogP contribution in [0.5, 0.6) is 0 Å². The minimum Gasteiger partial charge on any atom is -0.357 e. The van der Waals surface area contributed by atoms with Crippen molar-refractivity contribution in [2.24, 2.45) is 0 Å². The second-order valence-electron chi connectivity index (χ2n) is 5.27. The van der Waals surface area contributed by atoms with Crippen LogP contribution >= 0.6 is 23.6 Å². The molecule has 0 spiro atoms. The number of nitrogens with one attached hydrogen (secondary N) is 2. The summed E-state index contributed by atoms with van der Waals surface area (Å²) in [5.74, 6) is -0.0803. The number of aromatic nitrogens is 2. The van der Waals surface area contributed by atoms with E-state index in [0.29, 0.717) is 18.8 Å². The van der Waals surface area contributed by atoms with E-state index in [0.717, 1.165) is 21.2 Å². The van der Waals surface area contributed by atoms with Crippen LogP contribution in [0.15, 0.2) is 36.9 Å². The molecule has 0 unspecified atom stereocenters. The largest absolute Gasteiger partial charge is 0.357 e. The molecule has 0 saturated heterocycles. The van der Waals surface area contributed by atoms with Crippen molar-refractivity contribution in [2.45, 2.75) is 13.2 Å². The summed E-state index contributed by atoms with van der Waals surface area (Å²) in [6.45, 7) is 5.67. The highest BCUT2D eigenvalue weighted by Crippen LogP contribution is 2.15. The molecule has 128 valence electrons. The number of hydrogen-bond acceptors (Lipinski definition) is 6. The van der Waals surface area contributed by atoms with E-state index in [1.54, 1.807) is 17.8 Å². The van der Waals surface area contributed by atoms with Crippen LogP contribution in [-0.4, -0.2) is 41.2 Å². The van der Waals surface area contributed by atoms with E-state index in [1.165, 1.54) is 11.3 Å². The SMILES string of the molecule is C=CCNc1nn(CN(C)Cc2ccc(C(=O)NC)cc2)c(=S)s1. The van der Waals surface area contributed by atoms with Gasteiger partial charge in [-0.1, -0.05) is 29.5 Å². The fraction of sp³-hybridized carbons (Fsp3) is 0.312. The van der Waals surface area contributed by atoms with E-state index >= 15 is 0 Å². The third kappa shape index (κ3) is 4.98. The van der Waals surface area contributed by atoms with Crippen LogP contribution < -0.4 is 10.6 Å². The van der Waals surface area contributed by atoms with Gasteiger partial charge in [0.1, 0.15) is 0 Å². The van der Waals surface area contributed by atoms with E-state index in [-0.39, 0.29) is 5.91 Å². The Hall–Kier alpha value is -2.03. The van der Waals surface area contributed by atoms with Crippen molar-refractivity contribution in [1.82, 2.24) is 20.0 Å². The van der Waals surface area contributed by atoms with Gasteiger partial charge >= 0.3 is 0 Å². The van der Waals surface area contributed by atoms with Gasteiger partial charge in [-0.3, -0.25) is 9.69 Å². The summed E-state index contributed by atoms with van der Waals surface area (Å²) in [5.41, 5.74) is 1.78. The minimum atomic E-state index is -0.0803. The molecule has 2 aromatic rings. The highest BCUT2D eigenvalue weighted by molar-refractivity contribution is 7.73. The highest BCUT2D eigenvalue weighted by atomic mass is 32.1. The average molecular weight is 364 g/mol. The van der Waals surface area contributed by atoms with E-state index in [1.807, 2.05) is 31.3 Å². The van der Waals surface area contributed by atoms with Gasteiger partial charge in [-0.2, -0.15) is 0 Å². The quantitative estimate of drug-likeness (QED) is 0.558. The normalized spacial score (nSPS) is 10.6. The summed E-state index contributed by atoms with van der Waals surface area (Å²) < 4.78 is 2.52. The van der Waals surface area contributed by atoms with Crippen molar-refractivity contribution >= 4 is 34.6 Å². The van der Waals surface area contributed by atoms with Gasteiger partial charge in [-0.05, 0) is 37.0 Å². The molecule has 24 heavy (non-hydrogen) atoms. The number of benzene rings is 1. The molecule has 0 aliphatic carbocycles. The van der Waals surface area contributed by atoms with E-state index in [9.17, 15) is 4.79 Å². The number of hydrogen-bond donors (Lipinski definition) is 2. The fourth-order valence-corrected chi connectivity index (χ4v) is 3.12. The molecule has 6 nitrogen and oxygen atoms in total. The Labute approximate surface area is 150 Å². The summed E-state index contributed by atoms with van der Waals surface area (Å²) in [4.78, 5) is 13.7. The lowest BCUT2D eigenvalue weighted by Crippen LogP contribution is -2.22. The van der Waals surface area contributed by atoms with Gasteiger partial charge in [-0.25, -0.2) is 4.68 Å². The van der Waals surface area contributed by atoms with Crippen LogP contribution in [0.4, 0.5) is 5.13 Å². The first-order chi connectivity index (χ1) is 11.5. The monoisotopic (exact) mass is 363 g/mol. The third-order valence-electron chi connectivity index (χ3n) is 3.27. The molecule has 0 radical (unpaired) electrons. The van der Waals surface area contributed by atoms with Gasteiger partial charge in [0.2, 0.25) is 5.13 Å². The van der Waals surface area contributed by atoms with E-state index < -0.39 is 0 Å². The van der Waals surface area contributed by atoms with Crippen molar-refractivity contribution in [1.29, 1.82) is 0 Å². The van der Waals surface area contributed by atoms with Crippen LogP contribution in [0, 0.1) is 3.95 Å². The van der Waals surface area contributed by atoms with Gasteiger partial charge in [0, 0.05) is 25.7 Å². The number of nitrogens with zero attached hydrogens (tertiary/aromatic N) is 3. The maximum absolute atomic E-state index is 11.5. The standard InChI is InChI=1S/C16H21N5OS2/c1-4-9-18-15-19-21(16(23)24-15)11-20(3)10-12-5-7-13(8-6-12)14(22)17-2/h4-8H,1,9-11H2,2-3H3,(H,17,22)(H,18,19). The Bertz CT molecular complexity index is 751. The Morgan fingerprint density at radius 2 is 2.17 bits per heavy atom. The lowest BCUT2D eigenvalue weighted by molar-refractivity contribution is 0.0963. The maximum atomic E-state index is 11.5. The van der Waals surface area contributed by atoms with Gasteiger partial charge in [0.15, 0.2) is 3.95 Å². The number of rotatable bonds is 8. The number of carbonyl (C=O) groups is 1. The molecular weight excluding hydrogens is 342 g/mol. The number of carbonyl (C=O) groups excluding carboxylic acids is 1. The fourth-order valence-electron chi connectivity index (χ4n) is 2.12. The van der Waals surface area contributed by atoms with Crippen molar-refractivity contribution < 1.29 is 4.79 Å². The molecular formula is C16H21N5OS2. The predicted molar refractivity (Wildman–Crippen MR) is 101 cm³/mol. The third-order valence-corrected chi connectivity index (χ3v) is 4.54. The second kappa shape index (κ2) is 8.72. The smallest absolute Gasteiger partial charge is 0.251 e. The summed E-state index contributed by atoms with van der Waals surface area (Å²) in [6, 6.07) is 7.57. The van der Waals surface area contributed by atoms with Crippen LogP contribution in [0.1, 0.15) is 15.9 Å². The van der Waals surface area contributed by atoms with Gasteiger partial charge < -0.3 is 10.6 Å². The molecule has 0 aliphatic rings. The van der Waals surface area contributed by atoms with Gasteiger partial charge in [0.25, 0.3) is 5.91 Å². The molecule has 1 amide bonds. The van der Waals surface area contributed by atoms with E-state index in [2.05, 4.69) is 27.2 Å². The first-order valence-electron chi connectivity index (χ1n) is 7.45. The molecule has 1 aromatic heterocycles. The zero-order valence-corrected chi connectivity index (χ0v) is 15.4. The van der Waals surface area contributed by atoms with Crippen LogP contribution in [0.25, 0.3) is 0 Å². The summed E-state index contributed by atoms with van der Waals surface area (Å²) in [6.07, 6.45) is 1.78. The second-order valence-corrected chi connectivity index (χ2v) is 6.90. The molecule has 1 aromatic carbocycles. The number of anilines is 1. The Kier molecular flexibility index (Phi) is 6.65. The van der Waals surface area contributed by atoms with Crippen molar-refractivity contribution in [3.8, 4) is 0 Å². The summed E-state index contributed by atoms with van der Waals surface area (Å²) >= 11 is 6.79. The van der Waals surface area contributed by atoms with Crippen LogP contribution in [-0.2, 0) is 13.2 Å². The molecule has 2 N–H and O–H groups in total. The lowest BCUT2D eigenvalue weighted by atomic mass is 10.1. The molecule has 8 heteroatoms. The Balaban J connectivity index is 1.96. The first-order valence-corrected chi connectivity index (χ1v) is 8.68. The van der Waals surface area contributed by atoms with Crippen molar-refractivity contribution in [3.05, 3.63) is 52.0 Å². The Morgan fingerprint density at radius 3 is 2.79 bits per heavy atom.